The van der Waals surface area contributed by atoms with Crippen LogP contribution >= 0.6 is 0 Å². The molecule has 1 saturated heterocycles. The molecule has 1 aliphatic rings. The Hall–Kier alpha value is -3.07. The van der Waals surface area contributed by atoms with Crippen LogP contribution < -0.4 is 5.32 Å². The number of hydrogen-bond donors (Lipinski definition) is 1. The normalized spacial score (nSPS) is 15.1. The van der Waals surface area contributed by atoms with Crippen LogP contribution in [0, 0.1) is 18.6 Å². The van der Waals surface area contributed by atoms with Crippen molar-refractivity contribution in [1.82, 2.24) is 24.3 Å². The van der Waals surface area contributed by atoms with E-state index in [9.17, 15) is 13.6 Å². The van der Waals surface area contributed by atoms with Crippen molar-refractivity contribution in [2.45, 2.75) is 13.5 Å². The van der Waals surface area contributed by atoms with Crippen LogP contribution in [0.25, 0.3) is 11.2 Å². The van der Waals surface area contributed by atoms with E-state index >= 15 is 0 Å². The van der Waals surface area contributed by atoms with E-state index in [4.69, 9.17) is 0 Å². The Morgan fingerprint density at radius 2 is 1.93 bits per heavy atom. The largest absolute Gasteiger partial charge is 0.322 e. The summed E-state index contributed by atoms with van der Waals surface area (Å²) in [5, 5.41) is 2.51. The molecular weight excluding hydrogens is 378 g/mol. The smallest absolute Gasteiger partial charge is 0.322 e. The molecule has 29 heavy (non-hydrogen) atoms. The van der Waals surface area contributed by atoms with Gasteiger partial charge in [0.25, 0.3) is 0 Å². The molecule has 0 saturated carbocycles. The molecule has 1 fully saturated rings. The second kappa shape index (κ2) is 8.12. The fourth-order valence-electron chi connectivity index (χ4n) is 3.54. The molecule has 9 heteroatoms. The fourth-order valence-corrected chi connectivity index (χ4v) is 3.54. The average Bonchev–Trinajstić information content (AvgIpc) is 3.04. The molecule has 3 aromatic rings. The number of aryl methyl sites for hydroxylation is 1. The molecule has 0 spiro atoms. The van der Waals surface area contributed by atoms with Gasteiger partial charge < -0.3 is 14.8 Å². The van der Waals surface area contributed by atoms with Crippen LogP contribution in [0.3, 0.4) is 0 Å². The Balaban J connectivity index is 1.30. The van der Waals surface area contributed by atoms with Gasteiger partial charge in [0.2, 0.25) is 0 Å². The highest BCUT2D eigenvalue weighted by molar-refractivity contribution is 5.89. The van der Waals surface area contributed by atoms with Gasteiger partial charge in [-0.1, -0.05) is 0 Å². The third-order valence-electron chi connectivity index (χ3n) is 5.17. The van der Waals surface area contributed by atoms with Crippen molar-refractivity contribution in [3.8, 4) is 0 Å². The number of anilines is 1. The first kappa shape index (κ1) is 19.3. The van der Waals surface area contributed by atoms with Crippen molar-refractivity contribution in [3.63, 3.8) is 0 Å². The van der Waals surface area contributed by atoms with Crippen LogP contribution in [0.1, 0.15) is 5.82 Å². The number of fused-ring (bicyclic) bond motifs is 1. The van der Waals surface area contributed by atoms with Crippen molar-refractivity contribution in [1.29, 1.82) is 0 Å². The van der Waals surface area contributed by atoms with E-state index in [0.29, 0.717) is 13.1 Å². The molecule has 0 bridgehead atoms. The van der Waals surface area contributed by atoms with E-state index < -0.39 is 11.6 Å². The number of nitrogens with zero attached hydrogens (tertiary/aromatic N) is 5. The molecule has 1 aromatic carbocycles. The molecule has 0 aliphatic carbocycles. The highest BCUT2D eigenvalue weighted by Gasteiger charge is 2.22. The van der Waals surface area contributed by atoms with Gasteiger partial charge in [-0.15, -0.1) is 0 Å². The minimum absolute atomic E-state index is 0.0196. The number of urea groups is 1. The minimum Gasteiger partial charge on any atom is -0.322 e. The van der Waals surface area contributed by atoms with Gasteiger partial charge in [0.15, 0.2) is 5.65 Å². The van der Waals surface area contributed by atoms with Crippen molar-refractivity contribution in [2.24, 2.45) is 0 Å². The first-order valence-corrected chi connectivity index (χ1v) is 9.52. The standard InChI is InChI=1S/C20H22F2N6O/c1-14-24-18-3-2-6-23-19(18)28(14)12-9-26-7-10-27(11-8-26)20(29)25-17-5-4-15(21)13-16(17)22/h2-6,13H,7-12H2,1H3,(H,25,29). The Morgan fingerprint density at radius 1 is 1.14 bits per heavy atom. The minimum atomic E-state index is -0.784. The summed E-state index contributed by atoms with van der Waals surface area (Å²) in [6, 6.07) is 6.55. The Morgan fingerprint density at radius 3 is 2.69 bits per heavy atom. The summed E-state index contributed by atoms with van der Waals surface area (Å²) in [7, 11) is 0. The second-order valence-electron chi connectivity index (χ2n) is 7.04. The third-order valence-corrected chi connectivity index (χ3v) is 5.17. The summed E-state index contributed by atoms with van der Waals surface area (Å²) in [6.07, 6.45) is 1.77. The SMILES string of the molecule is Cc1nc2cccnc2n1CCN1CCN(C(=O)Nc2ccc(F)cc2F)CC1. The van der Waals surface area contributed by atoms with Crippen molar-refractivity contribution in [3.05, 3.63) is 54.0 Å². The van der Waals surface area contributed by atoms with Gasteiger partial charge >= 0.3 is 6.03 Å². The first-order chi connectivity index (χ1) is 14.0. The summed E-state index contributed by atoms with van der Waals surface area (Å²) in [6.45, 7) is 6.08. The van der Waals surface area contributed by atoms with Crippen molar-refractivity contribution < 1.29 is 13.6 Å². The second-order valence-corrected chi connectivity index (χ2v) is 7.04. The van der Waals surface area contributed by atoms with Gasteiger partial charge in [-0.05, 0) is 31.2 Å². The summed E-state index contributed by atoms with van der Waals surface area (Å²) in [5.41, 5.74) is 1.75. The van der Waals surface area contributed by atoms with Crippen LogP contribution in [0.5, 0.6) is 0 Å². The van der Waals surface area contributed by atoms with Gasteiger partial charge in [-0.2, -0.15) is 0 Å². The van der Waals surface area contributed by atoms with Gasteiger partial charge in [0.05, 0.1) is 5.69 Å². The number of pyridine rings is 1. The molecule has 0 unspecified atom stereocenters. The van der Waals surface area contributed by atoms with E-state index in [1.165, 1.54) is 6.07 Å². The maximum Gasteiger partial charge on any atom is 0.322 e. The Labute approximate surface area is 167 Å². The molecule has 0 atom stereocenters. The van der Waals surface area contributed by atoms with Crippen LogP contribution in [-0.2, 0) is 6.54 Å². The molecular formula is C20H22F2N6O. The lowest BCUT2D eigenvalue weighted by Crippen LogP contribution is -2.50. The van der Waals surface area contributed by atoms with Gasteiger partial charge in [0, 0.05) is 51.5 Å². The van der Waals surface area contributed by atoms with Crippen LogP contribution in [-0.4, -0.2) is 63.1 Å². The average molecular weight is 400 g/mol. The highest BCUT2D eigenvalue weighted by Crippen LogP contribution is 2.16. The number of rotatable bonds is 4. The molecule has 1 N–H and O–H groups in total. The molecule has 2 aromatic heterocycles. The zero-order chi connectivity index (χ0) is 20.4. The Kier molecular flexibility index (Phi) is 5.39. The summed E-state index contributed by atoms with van der Waals surface area (Å²) in [5.74, 6) is -0.531. The number of nitrogens with one attached hydrogen (secondary N) is 1. The fraction of sp³-hybridized carbons (Fsp3) is 0.350. The predicted molar refractivity (Wildman–Crippen MR) is 106 cm³/mol. The number of piperazine rings is 1. The highest BCUT2D eigenvalue weighted by atomic mass is 19.1. The quantitative estimate of drug-likeness (QED) is 0.731. The number of amides is 2. The van der Waals surface area contributed by atoms with E-state index in [0.717, 1.165) is 55.3 Å². The summed E-state index contributed by atoms with van der Waals surface area (Å²) < 4.78 is 28.8. The van der Waals surface area contributed by atoms with E-state index in [1.807, 2.05) is 19.1 Å². The van der Waals surface area contributed by atoms with Crippen LogP contribution in [0.15, 0.2) is 36.5 Å². The van der Waals surface area contributed by atoms with Crippen LogP contribution in [0.2, 0.25) is 0 Å². The van der Waals surface area contributed by atoms with E-state index in [2.05, 4.69) is 24.8 Å². The first-order valence-electron chi connectivity index (χ1n) is 9.52. The van der Waals surface area contributed by atoms with E-state index in [-0.39, 0.29) is 11.7 Å². The molecule has 152 valence electrons. The number of aromatic nitrogens is 3. The number of hydrogen-bond acceptors (Lipinski definition) is 4. The lowest BCUT2D eigenvalue weighted by Gasteiger charge is -2.34. The Bertz CT molecular complexity index is 1030. The number of benzene rings is 1. The topological polar surface area (TPSA) is 66.3 Å². The lowest BCUT2D eigenvalue weighted by molar-refractivity contribution is 0.144. The maximum absolute atomic E-state index is 13.7. The number of imidazole rings is 1. The molecule has 7 nitrogen and oxygen atoms in total. The summed E-state index contributed by atoms with van der Waals surface area (Å²) >= 11 is 0. The molecule has 2 amide bonds. The number of carbonyl (C=O) groups excluding carboxylic acids is 1. The monoisotopic (exact) mass is 400 g/mol. The predicted octanol–water partition coefficient (Wildman–Crippen LogP) is 2.87. The molecule has 3 heterocycles. The number of carbonyl (C=O) groups is 1. The molecule has 0 radical (unpaired) electrons. The van der Waals surface area contributed by atoms with Gasteiger partial charge in [0.1, 0.15) is 23.0 Å². The van der Waals surface area contributed by atoms with Crippen molar-refractivity contribution >= 4 is 22.9 Å². The van der Waals surface area contributed by atoms with Gasteiger partial charge in [-0.25, -0.2) is 23.5 Å². The van der Waals surface area contributed by atoms with Gasteiger partial charge in [-0.3, -0.25) is 4.90 Å². The van der Waals surface area contributed by atoms with E-state index in [1.54, 1.807) is 11.1 Å². The van der Waals surface area contributed by atoms with Crippen molar-refractivity contribution in [2.75, 3.05) is 38.0 Å². The third kappa shape index (κ3) is 4.19. The van der Waals surface area contributed by atoms with Crippen LogP contribution in [0.4, 0.5) is 19.3 Å². The molecule has 1 aliphatic heterocycles. The zero-order valence-electron chi connectivity index (χ0n) is 16.1. The zero-order valence-corrected chi connectivity index (χ0v) is 16.1. The maximum atomic E-state index is 13.7. The summed E-state index contributed by atoms with van der Waals surface area (Å²) in [4.78, 5) is 25.2. The number of halogens is 2. The molecule has 4 rings (SSSR count). The lowest BCUT2D eigenvalue weighted by atomic mass is 10.3.